The molecule has 1 saturated heterocycles. The zero-order chi connectivity index (χ0) is 19.9. The normalized spacial score (nSPS) is 16.6. The number of aryl methyl sites for hydroxylation is 2. The van der Waals surface area contributed by atoms with Crippen LogP contribution in [0.2, 0.25) is 5.02 Å². The molecule has 2 N–H and O–H groups in total. The van der Waals surface area contributed by atoms with E-state index in [1.165, 1.54) is 5.56 Å². The van der Waals surface area contributed by atoms with E-state index in [0.29, 0.717) is 31.0 Å². The van der Waals surface area contributed by atoms with Gasteiger partial charge < -0.3 is 15.5 Å². The lowest BCUT2D eigenvalue weighted by Crippen LogP contribution is -2.51. The maximum Gasteiger partial charge on any atom is 0.242 e. The van der Waals surface area contributed by atoms with Gasteiger partial charge in [-0.3, -0.25) is 9.59 Å². The van der Waals surface area contributed by atoms with Crippen molar-refractivity contribution in [2.75, 3.05) is 26.2 Å². The molecular formula is C22H26ClN3O2. The largest absolute Gasteiger partial charge is 0.347 e. The molecule has 0 spiro atoms. The second-order valence-electron chi connectivity index (χ2n) is 7.09. The Bertz CT molecular complexity index is 823. The molecular weight excluding hydrogens is 374 g/mol. The van der Waals surface area contributed by atoms with E-state index in [0.717, 1.165) is 17.7 Å². The maximum atomic E-state index is 12.7. The number of halogens is 1. The van der Waals surface area contributed by atoms with Crippen LogP contribution in [-0.2, 0) is 16.0 Å². The Balaban J connectivity index is 1.53. The lowest BCUT2D eigenvalue weighted by atomic mass is 10.0. The van der Waals surface area contributed by atoms with Crippen LogP contribution in [0, 0.1) is 6.92 Å². The number of rotatable bonds is 6. The highest BCUT2D eigenvalue weighted by Gasteiger charge is 2.29. The van der Waals surface area contributed by atoms with Gasteiger partial charge in [0.15, 0.2) is 0 Å². The van der Waals surface area contributed by atoms with E-state index in [4.69, 9.17) is 11.6 Å². The molecule has 6 heteroatoms. The number of nitrogens with zero attached hydrogens (tertiary/aromatic N) is 1. The average Bonchev–Trinajstić information content (AvgIpc) is 2.72. The lowest BCUT2D eigenvalue weighted by Gasteiger charge is -2.37. The Hall–Kier alpha value is -2.37. The molecule has 1 heterocycles. The molecule has 0 aromatic heterocycles. The minimum absolute atomic E-state index is 0.00762. The molecule has 1 aliphatic rings. The Morgan fingerprint density at radius 3 is 2.68 bits per heavy atom. The monoisotopic (exact) mass is 399 g/mol. The number of amides is 2. The van der Waals surface area contributed by atoms with Crippen molar-refractivity contribution in [2.24, 2.45) is 0 Å². The number of hydrogen-bond donors (Lipinski definition) is 2. The van der Waals surface area contributed by atoms with Gasteiger partial charge in [0.1, 0.15) is 0 Å². The molecule has 2 aromatic rings. The summed E-state index contributed by atoms with van der Waals surface area (Å²) >= 11 is 6.33. The van der Waals surface area contributed by atoms with Crippen molar-refractivity contribution in [3.8, 4) is 0 Å². The number of nitrogens with one attached hydrogen (secondary N) is 2. The Kier molecular flexibility index (Phi) is 7.06. The van der Waals surface area contributed by atoms with Gasteiger partial charge in [-0.1, -0.05) is 59.6 Å². The molecule has 1 aliphatic heterocycles. The lowest BCUT2D eigenvalue weighted by molar-refractivity contribution is -0.135. The number of piperazine rings is 1. The third-order valence-corrected chi connectivity index (χ3v) is 5.37. The summed E-state index contributed by atoms with van der Waals surface area (Å²) in [6.45, 7) is 4.01. The summed E-state index contributed by atoms with van der Waals surface area (Å²) in [6.07, 6.45) is 1.03. The summed E-state index contributed by atoms with van der Waals surface area (Å²) in [4.78, 5) is 26.7. The predicted octanol–water partition coefficient (Wildman–Crippen LogP) is 2.87. The number of carbonyl (C=O) groups is 2. The van der Waals surface area contributed by atoms with E-state index in [1.54, 1.807) is 4.90 Å². The van der Waals surface area contributed by atoms with Crippen LogP contribution < -0.4 is 10.6 Å². The standard InChI is InChI=1S/C22H26ClN3O2/c1-16-6-8-17(9-7-16)10-11-21(27)25-15-22(28)26-13-12-24-14-20(26)18-4-2-3-5-19(18)23/h2-9,20,24H,10-15H2,1H3,(H,25,27). The highest BCUT2D eigenvalue weighted by Crippen LogP contribution is 2.28. The van der Waals surface area contributed by atoms with E-state index in [2.05, 4.69) is 10.6 Å². The van der Waals surface area contributed by atoms with Crippen LogP contribution in [0.4, 0.5) is 0 Å². The number of hydrogen-bond acceptors (Lipinski definition) is 3. The van der Waals surface area contributed by atoms with Crippen molar-refractivity contribution in [3.05, 3.63) is 70.2 Å². The van der Waals surface area contributed by atoms with Gasteiger partial charge in [-0.15, -0.1) is 0 Å². The van der Waals surface area contributed by atoms with Gasteiger partial charge in [-0.2, -0.15) is 0 Å². The molecule has 1 fully saturated rings. The fraction of sp³-hybridized carbons (Fsp3) is 0.364. The van der Waals surface area contributed by atoms with E-state index in [-0.39, 0.29) is 24.4 Å². The third kappa shape index (κ3) is 5.33. The highest BCUT2D eigenvalue weighted by atomic mass is 35.5. The van der Waals surface area contributed by atoms with Gasteiger partial charge in [0.05, 0.1) is 12.6 Å². The summed E-state index contributed by atoms with van der Waals surface area (Å²) in [6, 6.07) is 15.6. The topological polar surface area (TPSA) is 61.4 Å². The number of carbonyl (C=O) groups excluding carboxylic acids is 2. The third-order valence-electron chi connectivity index (χ3n) is 5.03. The van der Waals surface area contributed by atoms with Crippen molar-refractivity contribution in [2.45, 2.75) is 25.8 Å². The highest BCUT2D eigenvalue weighted by molar-refractivity contribution is 6.31. The molecule has 1 unspecified atom stereocenters. The van der Waals surface area contributed by atoms with Gasteiger partial charge in [0.25, 0.3) is 0 Å². The molecule has 28 heavy (non-hydrogen) atoms. The quantitative estimate of drug-likeness (QED) is 0.785. The van der Waals surface area contributed by atoms with E-state index in [9.17, 15) is 9.59 Å². The number of benzene rings is 2. The van der Waals surface area contributed by atoms with Crippen molar-refractivity contribution >= 4 is 23.4 Å². The average molecular weight is 400 g/mol. The van der Waals surface area contributed by atoms with Gasteiger partial charge in [0, 0.05) is 31.1 Å². The molecule has 2 aromatic carbocycles. The Labute approximate surface area is 171 Å². The molecule has 1 atom stereocenters. The molecule has 0 aliphatic carbocycles. The summed E-state index contributed by atoms with van der Waals surface area (Å²) in [5.74, 6) is -0.201. The van der Waals surface area contributed by atoms with E-state index < -0.39 is 0 Å². The smallest absolute Gasteiger partial charge is 0.242 e. The predicted molar refractivity (Wildman–Crippen MR) is 111 cm³/mol. The van der Waals surface area contributed by atoms with Crippen LogP contribution in [0.25, 0.3) is 0 Å². The van der Waals surface area contributed by atoms with Gasteiger partial charge in [-0.05, 0) is 30.5 Å². The Morgan fingerprint density at radius 2 is 1.93 bits per heavy atom. The van der Waals surface area contributed by atoms with Crippen LogP contribution in [0.5, 0.6) is 0 Å². The summed E-state index contributed by atoms with van der Waals surface area (Å²) < 4.78 is 0. The van der Waals surface area contributed by atoms with E-state index in [1.807, 2.05) is 55.5 Å². The van der Waals surface area contributed by atoms with Gasteiger partial charge >= 0.3 is 0 Å². The van der Waals surface area contributed by atoms with Crippen LogP contribution in [0.1, 0.15) is 29.2 Å². The van der Waals surface area contributed by atoms with Crippen LogP contribution in [0.15, 0.2) is 48.5 Å². The van der Waals surface area contributed by atoms with Gasteiger partial charge in [0.2, 0.25) is 11.8 Å². The first-order valence-corrected chi connectivity index (χ1v) is 9.99. The molecule has 5 nitrogen and oxygen atoms in total. The fourth-order valence-corrected chi connectivity index (χ4v) is 3.66. The summed E-state index contributed by atoms with van der Waals surface area (Å²) in [5, 5.41) is 6.73. The second kappa shape index (κ2) is 9.71. The summed E-state index contributed by atoms with van der Waals surface area (Å²) in [7, 11) is 0. The van der Waals surface area contributed by atoms with Crippen molar-refractivity contribution in [1.82, 2.24) is 15.5 Å². The van der Waals surface area contributed by atoms with Crippen LogP contribution in [-0.4, -0.2) is 42.9 Å². The molecule has 0 bridgehead atoms. The first-order chi connectivity index (χ1) is 13.5. The zero-order valence-electron chi connectivity index (χ0n) is 16.1. The van der Waals surface area contributed by atoms with Crippen LogP contribution >= 0.6 is 11.6 Å². The first kappa shape index (κ1) is 20.4. The SMILES string of the molecule is Cc1ccc(CCC(=O)NCC(=O)N2CCNCC2c2ccccc2Cl)cc1. The van der Waals surface area contributed by atoms with Crippen molar-refractivity contribution in [1.29, 1.82) is 0 Å². The fourth-order valence-electron chi connectivity index (χ4n) is 3.40. The van der Waals surface area contributed by atoms with Crippen molar-refractivity contribution < 1.29 is 9.59 Å². The molecule has 2 amide bonds. The molecule has 0 saturated carbocycles. The maximum absolute atomic E-state index is 12.7. The first-order valence-electron chi connectivity index (χ1n) is 9.61. The summed E-state index contributed by atoms with van der Waals surface area (Å²) in [5.41, 5.74) is 3.24. The molecule has 148 valence electrons. The minimum Gasteiger partial charge on any atom is -0.347 e. The Morgan fingerprint density at radius 1 is 1.18 bits per heavy atom. The minimum atomic E-state index is -0.126. The van der Waals surface area contributed by atoms with Crippen LogP contribution in [0.3, 0.4) is 0 Å². The van der Waals surface area contributed by atoms with Gasteiger partial charge in [-0.25, -0.2) is 0 Å². The van der Waals surface area contributed by atoms with E-state index >= 15 is 0 Å². The van der Waals surface area contributed by atoms with Crippen molar-refractivity contribution in [3.63, 3.8) is 0 Å². The second-order valence-corrected chi connectivity index (χ2v) is 7.50. The molecule has 0 radical (unpaired) electrons. The zero-order valence-corrected chi connectivity index (χ0v) is 16.8. The molecule has 3 rings (SSSR count).